The van der Waals surface area contributed by atoms with Crippen LogP contribution in [0.1, 0.15) is 44.2 Å². The van der Waals surface area contributed by atoms with Gasteiger partial charge in [-0.3, -0.25) is 4.90 Å². The van der Waals surface area contributed by atoms with E-state index in [4.69, 9.17) is 10.5 Å². The van der Waals surface area contributed by atoms with Gasteiger partial charge in [-0.25, -0.2) is 0 Å². The van der Waals surface area contributed by atoms with Gasteiger partial charge in [0.25, 0.3) is 0 Å². The molecule has 1 heterocycles. The third kappa shape index (κ3) is 5.79. The molecule has 0 amide bonds. The summed E-state index contributed by atoms with van der Waals surface area (Å²) < 4.78 is 5.92. The lowest BCUT2D eigenvalue weighted by Gasteiger charge is -2.37. The van der Waals surface area contributed by atoms with E-state index in [-0.39, 0.29) is 0 Å². The number of hydrogen-bond acceptors (Lipinski definition) is 4. The van der Waals surface area contributed by atoms with Crippen molar-refractivity contribution in [2.75, 3.05) is 46.4 Å². The number of nitrogens with zero attached hydrogens (tertiary/aromatic N) is 2. The summed E-state index contributed by atoms with van der Waals surface area (Å²) in [7, 11) is 2.18. The van der Waals surface area contributed by atoms with Gasteiger partial charge >= 0.3 is 0 Å². The van der Waals surface area contributed by atoms with Crippen LogP contribution in [0.4, 0.5) is 0 Å². The molecule has 2 rings (SSSR count). The van der Waals surface area contributed by atoms with Crippen LogP contribution in [-0.2, 0) is 0 Å². The minimum atomic E-state index is 0.298. The van der Waals surface area contributed by atoms with E-state index in [0.717, 1.165) is 45.0 Å². The largest absolute Gasteiger partial charge is 0.494 e. The number of nitrogens with two attached hydrogens (primary N) is 1. The molecule has 0 spiro atoms. The smallest absolute Gasteiger partial charge is 0.119 e. The Hall–Kier alpha value is -1.10. The number of hydrogen-bond donors (Lipinski definition) is 1. The van der Waals surface area contributed by atoms with Crippen molar-refractivity contribution in [3.05, 3.63) is 29.8 Å². The number of piperazine rings is 1. The van der Waals surface area contributed by atoms with Crippen LogP contribution in [0.5, 0.6) is 5.75 Å². The van der Waals surface area contributed by atoms with E-state index in [2.05, 4.69) is 48.0 Å². The maximum Gasteiger partial charge on any atom is 0.119 e. The van der Waals surface area contributed by atoms with E-state index in [1.54, 1.807) is 0 Å². The van der Waals surface area contributed by atoms with Gasteiger partial charge in [0, 0.05) is 38.8 Å². The number of unbranched alkanes of at least 4 members (excludes halogenated alkanes) is 3. The van der Waals surface area contributed by atoms with Crippen LogP contribution in [0.2, 0.25) is 0 Å². The molecule has 1 aromatic rings. The molecule has 1 aliphatic rings. The summed E-state index contributed by atoms with van der Waals surface area (Å²) in [5.41, 5.74) is 7.36. The van der Waals surface area contributed by atoms with Crippen LogP contribution in [0.15, 0.2) is 24.3 Å². The second-order valence-corrected chi connectivity index (χ2v) is 6.57. The SMILES string of the molecule is CCCCCCOc1cccc(C(CN)N2CCN(C)CC2)c1. The zero-order chi connectivity index (χ0) is 16.5. The normalized spacial score (nSPS) is 18.0. The third-order valence-electron chi connectivity index (χ3n) is 4.71. The lowest BCUT2D eigenvalue weighted by molar-refractivity contribution is 0.114. The van der Waals surface area contributed by atoms with Gasteiger partial charge in [0.05, 0.1) is 6.61 Å². The predicted molar refractivity (Wildman–Crippen MR) is 96.9 cm³/mol. The van der Waals surface area contributed by atoms with Crippen molar-refractivity contribution in [2.24, 2.45) is 5.73 Å². The van der Waals surface area contributed by atoms with Gasteiger partial charge in [-0.1, -0.05) is 38.3 Å². The first-order valence-electron chi connectivity index (χ1n) is 9.10. The summed E-state index contributed by atoms with van der Waals surface area (Å²) in [5.74, 6) is 0.978. The van der Waals surface area contributed by atoms with Crippen LogP contribution in [-0.4, -0.2) is 56.2 Å². The summed E-state index contributed by atoms with van der Waals surface area (Å²) in [6.07, 6.45) is 4.94. The third-order valence-corrected chi connectivity index (χ3v) is 4.71. The van der Waals surface area contributed by atoms with Crippen LogP contribution in [0, 0.1) is 0 Å². The molecule has 0 radical (unpaired) electrons. The van der Waals surface area contributed by atoms with Gasteiger partial charge in [0.2, 0.25) is 0 Å². The fourth-order valence-electron chi connectivity index (χ4n) is 3.16. The van der Waals surface area contributed by atoms with Crippen molar-refractivity contribution in [3.8, 4) is 5.75 Å². The van der Waals surface area contributed by atoms with E-state index in [0.29, 0.717) is 12.6 Å². The lowest BCUT2D eigenvalue weighted by atomic mass is 10.0. The average molecular weight is 319 g/mol. The molecule has 1 atom stereocenters. The number of benzene rings is 1. The Morgan fingerprint density at radius 3 is 2.61 bits per heavy atom. The molecule has 1 unspecified atom stereocenters. The van der Waals surface area contributed by atoms with Gasteiger partial charge in [0.1, 0.15) is 5.75 Å². The highest BCUT2D eigenvalue weighted by Crippen LogP contribution is 2.24. The quantitative estimate of drug-likeness (QED) is 0.711. The van der Waals surface area contributed by atoms with Gasteiger partial charge in [-0.05, 0) is 31.2 Å². The van der Waals surface area contributed by atoms with Crippen LogP contribution in [0.3, 0.4) is 0 Å². The molecule has 4 heteroatoms. The van der Waals surface area contributed by atoms with E-state index in [1.165, 1.54) is 24.8 Å². The Labute approximate surface area is 141 Å². The Kier molecular flexibility index (Phi) is 7.86. The molecular weight excluding hydrogens is 286 g/mol. The standard InChI is InChI=1S/C19H33N3O/c1-3-4-5-6-14-23-18-9-7-8-17(15-18)19(16-20)22-12-10-21(2)11-13-22/h7-9,15,19H,3-6,10-14,16,20H2,1-2H3. The summed E-state index contributed by atoms with van der Waals surface area (Å²) >= 11 is 0. The second kappa shape index (κ2) is 9.91. The monoisotopic (exact) mass is 319 g/mol. The Balaban J connectivity index is 1.91. The van der Waals surface area contributed by atoms with Crippen molar-refractivity contribution >= 4 is 0 Å². The van der Waals surface area contributed by atoms with E-state index in [9.17, 15) is 0 Å². The van der Waals surface area contributed by atoms with Gasteiger partial charge < -0.3 is 15.4 Å². The number of rotatable bonds is 9. The summed E-state index contributed by atoms with van der Waals surface area (Å²) in [5, 5.41) is 0. The lowest BCUT2D eigenvalue weighted by Crippen LogP contribution is -2.47. The van der Waals surface area contributed by atoms with Crippen LogP contribution >= 0.6 is 0 Å². The van der Waals surface area contributed by atoms with Crippen molar-refractivity contribution < 1.29 is 4.74 Å². The average Bonchev–Trinajstić information content (AvgIpc) is 2.57. The van der Waals surface area contributed by atoms with Crippen LogP contribution < -0.4 is 10.5 Å². The van der Waals surface area contributed by atoms with Crippen LogP contribution in [0.25, 0.3) is 0 Å². The zero-order valence-electron chi connectivity index (χ0n) is 14.8. The highest BCUT2D eigenvalue weighted by molar-refractivity contribution is 5.31. The molecule has 1 fully saturated rings. The van der Waals surface area contributed by atoms with Gasteiger partial charge in [-0.15, -0.1) is 0 Å². The van der Waals surface area contributed by atoms with Crippen molar-refractivity contribution in [2.45, 2.75) is 38.6 Å². The first kappa shape index (κ1) is 18.2. The second-order valence-electron chi connectivity index (χ2n) is 6.57. The van der Waals surface area contributed by atoms with E-state index >= 15 is 0 Å². The first-order chi connectivity index (χ1) is 11.2. The van der Waals surface area contributed by atoms with Crippen molar-refractivity contribution in [1.29, 1.82) is 0 Å². The summed E-state index contributed by atoms with van der Waals surface area (Å²) in [6, 6.07) is 8.80. The first-order valence-corrected chi connectivity index (χ1v) is 9.10. The molecule has 23 heavy (non-hydrogen) atoms. The Morgan fingerprint density at radius 1 is 1.13 bits per heavy atom. The Bertz CT molecular complexity index is 444. The fourth-order valence-corrected chi connectivity index (χ4v) is 3.16. The van der Waals surface area contributed by atoms with Gasteiger partial charge in [-0.2, -0.15) is 0 Å². The number of likely N-dealkylation sites (N-methyl/N-ethyl adjacent to an activating group) is 1. The highest BCUT2D eigenvalue weighted by Gasteiger charge is 2.22. The Morgan fingerprint density at radius 2 is 1.91 bits per heavy atom. The maximum atomic E-state index is 6.08. The molecule has 1 aliphatic heterocycles. The summed E-state index contributed by atoms with van der Waals surface area (Å²) in [6.45, 7) is 8.10. The number of ether oxygens (including phenoxy) is 1. The molecule has 1 aromatic carbocycles. The topological polar surface area (TPSA) is 41.7 Å². The molecule has 0 aromatic heterocycles. The van der Waals surface area contributed by atoms with Crippen molar-refractivity contribution in [1.82, 2.24) is 9.80 Å². The molecule has 130 valence electrons. The summed E-state index contributed by atoms with van der Waals surface area (Å²) in [4.78, 5) is 4.88. The molecule has 2 N–H and O–H groups in total. The maximum absolute atomic E-state index is 6.08. The molecule has 1 saturated heterocycles. The van der Waals surface area contributed by atoms with E-state index in [1.807, 2.05) is 0 Å². The predicted octanol–water partition coefficient (Wildman–Crippen LogP) is 2.89. The zero-order valence-corrected chi connectivity index (χ0v) is 14.8. The molecule has 0 bridgehead atoms. The highest BCUT2D eigenvalue weighted by atomic mass is 16.5. The molecule has 0 saturated carbocycles. The molecule has 4 nitrogen and oxygen atoms in total. The van der Waals surface area contributed by atoms with E-state index < -0.39 is 0 Å². The molecular formula is C19H33N3O. The van der Waals surface area contributed by atoms with Gasteiger partial charge in [0.15, 0.2) is 0 Å². The minimum absolute atomic E-state index is 0.298. The van der Waals surface area contributed by atoms with Crippen molar-refractivity contribution in [3.63, 3.8) is 0 Å². The molecule has 0 aliphatic carbocycles. The minimum Gasteiger partial charge on any atom is -0.494 e. The fraction of sp³-hybridized carbons (Fsp3) is 0.684.